The molecule has 27 heavy (non-hydrogen) atoms. The number of anilines is 1. The average molecular weight is 410 g/mol. The second-order valence-corrected chi connectivity index (χ2v) is 8.56. The molecule has 0 saturated carbocycles. The largest absolute Gasteiger partial charge is 0.453 e. The highest BCUT2D eigenvalue weighted by Gasteiger charge is 2.21. The van der Waals surface area contributed by atoms with E-state index >= 15 is 0 Å². The third-order valence-electron chi connectivity index (χ3n) is 3.74. The molecule has 2 aromatic carbocycles. The molecule has 1 amide bonds. The van der Waals surface area contributed by atoms with E-state index in [9.17, 15) is 18.0 Å². The molecule has 0 radical (unpaired) electrons. The molecule has 0 heterocycles. The van der Waals surface area contributed by atoms with Crippen LogP contribution in [0.15, 0.2) is 53.4 Å². The quantitative estimate of drug-likeness (QED) is 0.708. The summed E-state index contributed by atoms with van der Waals surface area (Å²) in [5, 5.41) is 3.11. The van der Waals surface area contributed by atoms with Crippen molar-refractivity contribution in [2.24, 2.45) is 0 Å². The van der Waals surface area contributed by atoms with Crippen LogP contribution in [-0.4, -0.2) is 32.2 Å². The number of esters is 1. The Labute approximate surface area is 163 Å². The molecule has 0 saturated heterocycles. The molecule has 0 aliphatic heterocycles. The number of benzene rings is 2. The van der Waals surface area contributed by atoms with E-state index < -0.39 is 27.8 Å². The number of amides is 1. The van der Waals surface area contributed by atoms with Crippen molar-refractivity contribution in [1.82, 2.24) is 0 Å². The molecule has 2 aromatic rings. The first-order chi connectivity index (χ1) is 12.7. The summed E-state index contributed by atoms with van der Waals surface area (Å²) >= 11 is 5.77. The van der Waals surface area contributed by atoms with Gasteiger partial charge in [-0.2, -0.15) is 0 Å². The van der Waals surface area contributed by atoms with Gasteiger partial charge in [0, 0.05) is 10.7 Å². The van der Waals surface area contributed by atoms with Crippen LogP contribution >= 0.6 is 11.6 Å². The van der Waals surface area contributed by atoms with Crippen LogP contribution in [-0.2, 0) is 24.2 Å². The fourth-order valence-corrected chi connectivity index (χ4v) is 3.52. The maximum Gasteiger partial charge on any atom is 0.307 e. The van der Waals surface area contributed by atoms with Crippen molar-refractivity contribution in [3.63, 3.8) is 0 Å². The van der Waals surface area contributed by atoms with Crippen molar-refractivity contribution in [3.05, 3.63) is 59.1 Å². The van der Waals surface area contributed by atoms with Gasteiger partial charge in [-0.1, -0.05) is 29.3 Å². The lowest BCUT2D eigenvalue weighted by Crippen LogP contribution is -2.30. The molecule has 0 fully saturated rings. The van der Waals surface area contributed by atoms with Crippen LogP contribution in [0.5, 0.6) is 0 Å². The maximum atomic E-state index is 12.2. The number of carbonyl (C=O) groups is 2. The highest BCUT2D eigenvalue weighted by atomic mass is 35.5. The van der Waals surface area contributed by atoms with Gasteiger partial charge >= 0.3 is 5.97 Å². The SMILES string of the molecule is Cc1ccc(S(=O)(=O)CCC(=O)OC(C)C(=O)Nc2ccc(Cl)cc2)cc1. The number of aryl methyl sites for hydroxylation is 1. The molecular formula is C19H20ClNO5S. The Balaban J connectivity index is 1.86. The molecule has 144 valence electrons. The molecule has 1 atom stereocenters. The Kier molecular flexibility index (Phi) is 6.98. The van der Waals surface area contributed by atoms with Gasteiger partial charge in [-0.05, 0) is 50.2 Å². The zero-order chi connectivity index (χ0) is 20.0. The van der Waals surface area contributed by atoms with Gasteiger partial charge in [-0.3, -0.25) is 9.59 Å². The van der Waals surface area contributed by atoms with Crippen molar-refractivity contribution in [3.8, 4) is 0 Å². The predicted molar refractivity (Wildman–Crippen MR) is 103 cm³/mol. The minimum atomic E-state index is -3.59. The number of hydrogen-bond acceptors (Lipinski definition) is 5. The predicted octanol–water partition coefficient (Wildman–Crippen LogP) is 3.38. The summed E-state index contributed by atoms with van der Waals surface area (Å²) in [7, 11) is -3.59. The molecule has 0 aliphatic rings. The molecule has 1 unspecified atom stereocenters. The van der Waals surface area contributed by atoms with Crippen molar-refractivity contribution in [1.29, 1.82) is 0 Å². The third kappa shape index (κ3) is 6.37. The minimum absolute atomic E-state index is 0.148. The van der Waals surface area contributed by atoms with Crippen LogP contribution < -0.4 is 5.32 Å². The monoisotopic (exact) mass is 409 g/mol. The van der Waals surface area contributed by atoms with Crippen LogP contribution in [0.1, 0.15) is 18.9 Å². The number of sulfone groups is 1. The third-order valence-corrected chi connectivity index (χ3v) is 5.73. The topological polar surface area (TPSA) is 89.5 Å². The number of nitrogens with one attached hydrogen (secondary N) is 1. The molecule has 0 spiro atoms. The van der Waals surface area contributed by atoms with Gasteiger partial charge in [0.1, 0.15) is 0 Å². The fraction of sp³-hybridized carbons (Fsp3) is 0.263. The van der Waals surface area contributed by atoms with E-state index in [1.807, 2.05) is 6.92 Å². The van der Waals surface area contributed by atoms with Crippen LogP contribution in [0.4, 0.5) is 5.69 Å². The average Bonchev–Trinajstić information content (AvgIpc) is 2.62. The molecule has 2 rings (SSSR count). The van der Waals surface area contributed by atoms with Crippen LogP contribution in [0.3, 0.4) is 0 Å². The van der Waals surface area contributed by atoms with E-state index in [2.05, 4.69) is 5.32 Å². The zero-order valence-electron chi connectivity index (χ0n) is 14.9. The van der Waals surface area contributed by atoms with Gasteiger partial charge in [-0.15, -0.1) is 0 Å². The van der Waals surface area contributed by atoms with Gasteiger partial charge in [0.15, 0.2) is 15.9 Å². The van der Waals surface area contributed by atoms with Crippen LogP contribution in [0.2, 0.25) is 5.02 Å². The highest BCUT2D eigenvalue weighted by molar-refractivity contribution is 7.91. The normalized spacial score (nSPS) is 12.3. The summed E-state index contributed by atoms with van der Waals surface area (Å²) in [6.45, 7) is 3.27. The van der Waals surface area contributed by atoms with Crippen LogP contribution in [0, 0.1) is 6.92 Å². The van der Waals surface area contributed by atoms with E-state index in [4.69, 9.17) is 16.3 Å². The van der Waals surface area contributed by atoms with Crippen LogP contribution in [0.25, 0.3) is 0 Å². The first kappa shape index (κ1) is 20.9. The lowest BCUT2D eigenvalue weighted by Gasteiger charge is -2.13. The van der Waals surface area contributed by atoms with Gasteiger partial charge in [0.2, 0.25) is 0 Å². The summed E-state index contributed by atoms with van der Waals surface area (Å²) in [6.07, 6.45) is -1.40. The Morgan fingerprint density at radius 1 is 1.07 bits per heavy atom. The minimum Gasteiger partial charge on any atom is -0.453 e. The molecular weight excluding hydrogens is 390 g/mol. The molecule has 8 heteroatoms. The lowest BCUT2D eigenvalue weighted by molar-refractivity contribution is -0.152. The summed E-state index contributed by atoms with van der Waals surface area (Å²) in [5.74, 6) is -1.67. The first-order valence-electron chi connectivity index (χ1n) is 8.23. The fourth-order valence-electron chi connectivity index (χ4n) is 2.17. The van der Waals surface area contributed by atoms with E-state index in [0.717, 1.165) is 5.56 Å². The highest BCUT2D eigenvalue weighted by Crippen LogP contribution is 2.15. The van der Waals surface area contributed by atoms with Crippen molar-refractivity contribution in [2.75, 3.05) is 11.1 Å². The smallest absolute Gasteiger partial charge is 0.307 e. The molecule has 0 aliphatic carbocycles. The second-order valence-electron chi connectivity index (χ2n) is 6.01. The van der Waals surface area contributed by atoms with E-state index in [-0.39, 0.29) is 17.1 Å². The maximum absolute atomic E-state index is 12.2. The van der Waals surface area contributed by atoms with E-state index in [1.165, 1.54) is 19.1 Å². The van der Waals surface area contributed by atoms with Crippen molar-refractivity contribution < 1.29 is 22.7 Å². The van der Waals surface area contributed by atoms with Gasteiger partial charge < -0.3 is 10.1 Å². The second kappa shape index (κ2) is 9.01. The summed E-state index contributed by atoms with van der Waals surface area (Å²) in [6, 6.07) is 12.8. The number of hydrogen-bond donors (Lipinski definition) is 1. The van der Waals surface area contributed by atoms with Crippen molar-refractivity contribution >= 4 is 39.0 Å². The number of rotatable bonds is 7. The molecule has 1 N–H and O–H groups in total. The van der Waals surface area contributed by atoms with Gasteiger partial charge in [0.25, 0.3) is 5.91 Å². The van der Waals surface area contributed by atoms with Gasteiger partial charge in [0.05, 0.1) is 17.1 Å². The summed E-state index contributed by atoms with van der Waals surface area (Å²) in [5.41, 5.74) is 1.45. The Morgan fingerprint density at radius 2 is 1.67 bits per heavy atom. The molecule has 0 aromatic heterocycles. The molecule has 6 nitrogen and oxygen atoms in total. The number of ether oxygens (including phenoxy) is 1. The Morgan fingerprint density at radius 3 is 2.26 bits per heavy atom. The molecule has 0 bridgehead atoms. The first-order valence-corrected chi connectivity index (χ1v) is 10.3. The van der Waals surface area contributed by atoms with E-state index in [0.29, 0.717) is 10.7 Å². The lowest BCUT2D eigenvalue weighted by atomic mass is 10.2. The Hall–Kier alpha value is -2.38. The van der Waals surface area contributed by atoms with Crippen molar-refractivity contribution in [2.45, 2.75) is 31.3 Å². The Bertz CT molecular complexity index is 908. The number of carbonyl (C=O) groups excluding carboxylic acids is 2. The summed E-state index contributed by atoms with van der Waals surface area (Å²) < 4.78 is 29.5. The van der Waals surface area contributed by atoms with Gasteiger partial charge in [-0.25, -0.2) is 8.42 Å². The summed E-state index contributed by atoms with van der Waals surface area (Å²) in [4.78, 5) is 24.1. The number of halogens is 1. The standard InChI is InChI=1S/C19H20ClNO5S/c1-13-3-9-17(10-4-13)27(24,25)12-11-18(22)26-14(2)19(23)21-16-7-5-15(20)6-8-16/h3-10,14H,11-12H2,1-2H3,(H,21,23). The van der Waals surface area contributed by atoms with E-state index in [1.54, 1.807) is 36.4 Å². The zero-order valence-corrected chi connectivity index (χ0v) is 16.5.